The van der Waals surface area contributed by atoms with E-state index in [4.69, 9.17) is 0 Å². The Hall–Kier alpha value is -3.30. The Morgan fingerprint density at radius 3 is 2.96 bits per heavy atom. The Morgan fingerprint density at radius 1 is 1.33 bits per heavy atom. The fourth-order valence-corrected chi connectivity index (χ4v) is 2.38. The van der Waals surface area contributed by atoms with E-state index in [-0.39, 0.29) is 29.2 Å². The smallest absolute Gasteiger partial charge is 0.278 e. The van der Waals surface area contributed by atoms with Crippen molar-refractivity contribution in [3.05, 3.63) is 44.9 Å². The summed E-state index contributed by atoms with van der Waals surface area (Å²) in [6.07, 6.45) is 3.43. The first kappa shape index (κ1) is 14.3. The van der Waals surface area contributed by atoms with E-state index in [0.29, 0.717) is 5.92 Å². The predicted molar refractivity (Wildman–Crippen MR) is 83.6 cm³/mol. The summed E-state index contributed by atoms with van der Waals surface area (Å²) in [6.45, 7) is -0.262. The van der Waals surface area contributed by atoms with Crippen LogP contribution in [0.4, 0.5) is 5.95 Å². The highest BCUT2D eigenvalue weighted by atomic mass is 16.2. The number of carbonyl (C=O) groups excluding carboxylic acids is 1. The van der Waals surface area contributed by atoms with Crippen molar-refractivity contribution >= 4 is 23.0 Å². The molecule has 24 heavy (non-hydrogen) atoms. The summed E-state index contributed by atoms with van der Waals surface area (Å²) in [7, 11) is 0. The molecule has 3 heterocycles. The maximum absolute atomic E-state index is 12.1. The van der Waals surface area contributed by atoms with E-state index in [0.717, 1.165) is 23.2 Å². The molecule has 122 valence electrons. The van der Waals surface area contributed by atoms with Crippen LogP contribution in [0.15, 0.2) is 28.0 Å². The van der Waals surface area contributed by atoms with E-state index in [1.807, 2.05) is 0 Å². The molecule has 1 aliphatic carbocycles. The van der Waals surface area contributed by atoms with Crippen LogP contribution in [0.1, 0.15) is 24.5 Å². The average molecular weight is 327 g/mol. The molecule has 10 nitrogen and oxygen atoms in total. The summed E-state index contributed by atoms with van der Waals surface area (Å²) in [5.41, 5.74) is 0.424. The fourth-order valence-electron chi connectivity index (χ4n) is 2.38. The van der Waals surface area contributed by atoms with Crippen molar-refractivity contribution in [2.75, 3.05) is 5.32 Å². The van der Waals surface area contributed by atoms with E-state index in [9.17, 15) is 14.4 Å². The van der Waals surface area contributed by atoms with Crippen molar-refractivity contribution in [1.29, 1.82) is 0 Å². The van der Waals surface area contributed by atoms with Gasteiger partial charge in [0.15, 0.2) is 11.2 Å². The van der Waals surface area contributed by atoms with Crippen molar-refractivity contribution in [2.45, 2.75) is 25.3 Å². The largest absolute Gasteiger partial charge is 0.339 e. The molecule has 1 fully saturated rings. The van der Waals surface area contributed by atoms with Gasteiger partial charge in [0.2, 0.25) is 11.9 Å². The Labute approximate surface area is 134 Å². The highest BCUT2D eigenvalue weighted by Gasteiger charge is 2.25. The average Bonchev–Trinajstić information content (AvgIpc) is 3.27. The molecule has 3 aromatic rings. The topological polar surface area (TPSA) is 138 Å². The molecule has 1 amide bonds. The molecule has 0 spiro atoms. The molecule has 3 aromatic heterocycles. The summed E-state index contributed by atoms with van der Waals surface area (Å²) in [4.78, 5) is 48.7. The third-order valence-corrected chi connectivity index (χ3v) is 3.73. The minimum Gasteiger partial charge on any atom is -0.339 e. The van der Waals surface area contributed by atoms with Gasteiger partial charge in [0.05, 0.1) is 12.0 Å². The van der Waals surface area contributed by atoms with Crippen LogP contribution < -0.4 is 16.4 Å². The second-order valence-electron chi connectivity index (χ2n) is 5.59. The fraction of sp³-hybridized carbons (Fsp3) is 0.286. The molecule has 1 aliphatic rings. The molecular weight excluding hydrogens is 314 g/mol. The van der Waals surface area contributed by atoms with Crippen LogP contribution in [0.5, 0.6) is 0 Å². The first-order valence-corrected chi connectivity index (χ1v) is 7.41. The van der Waals surface area contributed by atoms with Gasteiger partial charge in [0.1, 0.15) is 6.54 Å². The lowest BCUT2D eigenvalue weighted by atomic mass is 10.3. The zero-order valence-corrected chi connectivity index (χ0v) is 12.4. The minimum absolute atomic E-state index is 0.0315. The van der Waals surface area contributed by atoms with E-state index in [1.54, 1.807) is 6.07 Å². The van der Waals surface area contributed by atoms with E-state index in [1.165, 1.54) is 12.4 Å². The first-order chi connectivity index (χ1) is 11.6. The van der Waals surface area contributed by atoms with E-state index < -0.39 is 11.5 Å². The number of amides is 1. The standard InChI is InChI=1S/C14H13N7O3/c22-9(5-21-10(23)4-3-8(20-21)7-1-2-7)17-14-18-12-11(13(24)19-14)15-6-16-12/h3-4,6-7H,1-2,5H2,(H3,15,16,17,18,19,22,24). The summed E-state index contributed by atoms with van der Waals surface area (Å²) in [6, 6.07) is 3.10. The molecule has 0 aromatic carbocycles. The normalized spacial score (nSPS) is 14.0. The summed E-state index contributed by atoms with van der Waals surface area (Å²) >= 11 is 0. The maximum atomic E-state index is 12.1. The number of nitrogens with one attached hydrogen (secondary N) is 3. The molecule has 4 rings (SSSR count). The lowest BCUT2D eigenvalue weighted by Gasteiger charge is -2.07. The number of carbonyl (C=O) groups is 1. The second-order valence-corrected chi connectivity index (χ2v) is 5.59. The molecule has 0 atom stereocenters. The Kier molecular flexibility index (Phi) is 3.22. The van der Waals surface area contributed by atoms with Crippen LogP contribution in [0.25, 0.3) is 11.2 Å². The molecule has 0 aliphatic heterocycles. The van der Waals surface area contributed by atoms with Gasteiger partial charge in [-0.2, -0.15) is 10.1 Å². The highest BCUT2D eigenvalue weighted by molar-refractivity contribution is 5.89. The number of nitrogens with zero attached hydrogens (tertiary/aromatic N) is 4. The molecule has 10 heteroatoms. The van der Waals surface area contributed by atoms with Crippen LogP contribution in [-0.2, 0) is 11.3 Å². The number of hydrogen-bond donors (Lipinski definition) is 3. The zero-order valence-electron chi connectivity index (χ0n) is 12.4. The number of aromatic nitrogens is 6. The number of H-pyrrole nitrogens is 2. The van der Waals surface area contributed by atoms with Gasteiger partial charge in [-0.05, 0) is 18.9 Å². The Morgan fingerprint density at radius 2 is 2.17 bits per heavy atom. The molecular formula is C14H13N7O3. The summed E-state index contributed by atoms with van der Waals surface area (Å²) in [5, 5.41) is 6.65. The number of aromatic amines is 2. The minimum atomic E-state index is -0.518. The SMILES string of the molecule is O=C(Cn1nc(C2CC2)ccc1=O)Nc1nc2nc[nH]c2c(=O)[nH]1. The van der Waals surface area contributed by atoms with Crippen LogP contribution in [0.3, 0.4) is 0 Å². The van der Waals surface area contributed by atoms with Crippen molar-refractivity contribution in [1.82, 2.24) is 29.7 Å². The number of anilines is 1. The molecule has 0 saturated heterocycles. The van der Waals surface area contributed by atoms with Gasteiger partial charge in [0, 0.05) is 12.0 Å². The van der Waals surface area contributed by atoms with Crippen molar-refractivity contribution in [2.24, 2.45) is 0 Å². The van der Waals surface area contributed by atoms with Gasteiger partial charge in [-0.1, -0.05) is 0 Å². The third-order valence-electron chi connectivity index (χ3n) is 3.73. The molecule has 0 unspecified atom stereocenters. The predicted octanol–water partition coefficient (Wildman–Crippen LogP) is -0.281. The molecule has 3 N–H and O–H groups in total. The molecule has 1 saturated carbocycles. The molecule has 0 bridgehead atoms. The van der Waals surface area contributed by atoms with Gasteiger partial charge < -0.3 is 4.98 Å². The highest BCUT2D eigenvalue weighted by Crippen LogP contribution is 2.38. The summed E-state index contributed by atoms with van der Waals surface area (Å²) < 4.78 is 1.11. The van der Waals surface area contributed by atoms with Gasteiger partial charge in [-0.3, -0.25) is 24.7 Å². The Bertz CT molecular complexity index is 1040. The van der Waals surface area contributed by atoms with E-state index in [2.05, 4.69) is 30.4 Å². The van der Waals surface area contributed by atoms with Crippen LogP contribution in [-0.4, -0.2) is 35.6 Å². The van der Waals surface area contributed by atoms with Crippen molar-refractivity contribution < 1.29 is 4.79 Å². The number of imidazole rings is 1. The monoisotopic (exact) mass is 327 g/mol. The zero-order chi connectivity index (χ0) is 16.7. The lowest BCUT2D eigenvalue weighted by Crippen LogP contribution is -2.30. The van der Waals surface area contributed by atoms with Gasteiger partial charge in [-0.15, -0.1) is 0 Å². The Balaban J connectivity index is 1.54. The van der Waals surface area contributed by atoms with E-state index >= 15 is 0 Å². The number of fused-ring (bicyclic) bond motifs is 1. The van der Waals surface area contributed by atoms with Gasteiger partial charge in [-0.25, -0.2) is 9.67 Å². The van der Waals surface area contributed by atoms with Crippen LogP contribution >= 0.6 is 0 Å². The first-order valence-electron chi connectivity index (χ1n) is 7.41. The van der Waals surface area contributed by atoms with Gasteiger partial charge in [0.25, 0.3) is 11.1 Å². The summed E-state index contributed by atoms with van der Waals surface area (Å²) in [5.74, 6) is -0.174. The quantitative estimate of drug-likeness (QED) is 0.602. The third kappa shape index (κ3) is 2.69. The van der Waals surface area contributed by atoms with Crippen LogP contribution in [0, 0.1) is 0 Å². The molecule has 0 radical (unpaired) electrons. The second kappa shape index (κ2) is 5.41. The number of hydrogen-bond acceptors (Lipinski definition) is 6. The number of rotatable bonds is 4. The lowest BCUT2D eigenvalue weighted by molar-refractivity contribution is -0.117. The van der Waals surface area contributed by atoms with Crippen molar-refractivity contribution in [3.8, 4) is 0 Å². The maximum Gasteiger partial charge on any atom is 0.278 e. The van der Waals surface area contributed by atoms with Crippen molar-refractivity contribution in [3.63, 3.8) is 0 Å². The van der Waals surface area contributed by atoms with Gasteiger partial charge >= 0.3 is 0 Å². The van der Waals surface area contributed by atoms with Crippen LogP contribution in [0.2, 0.25) is 0 Å².